The lowest BCUT2D eigenvalue weighted by Crippen LogP contribution is -2.33. The van der Waals surface area contributed by atoms with Crippen LogP contribution in [0.1, 0.15) is 22.9 Å². The third-order valence-corrected chi connectivity index (χ3v) is 10.1. The molecule has 1 N–H and O–H groups in total. The number of hydrogen-bond acceptors (Lipinski definition) is 5. The number of para-hydroxylation sites is 2. The van der Waals surface area contributed by atoms with Crippen LogP contribution >= 0.6 is 0 Å². The number of hydrogen-bond donors (Lipinski definition) is 1. The second-order valence-electron chi connectivity index (χ2n) is 13.5. The molecule has 9 aromatic rings. The number of fused-ring (bicyclic) bond motifs is 5. The predicted molar refractivity (Wildman–Crippen MR) is 223 cm³/mol. The highest BCUT2D eigenvalue weighted by Crippen LogP contribution is 2.40. The molecule has 0 saturated heterocycles. The number of amidine groups is 2. The summed E-state index contributed by atoms with van der Waals surface area (Å²) in [6.45, 7) is 0. The van der Waals surface area contributed by atoms with E-state index in [0.717, 1.165) is 83.4 Å². The molecule has 1 aliphatic rings. The van der Waals surface area contributed by atoms with Crippen LogP contribution in [0.2, 0.25) is 0 Å². The molecule has 0 saturated carbocycles. The molecule has 1 aliphatic heterocycles. The third kappa shape index (κ3) is 5.69. The standard InChI is InChI=1S/C49H34N4O/c1-5-16-33(17-6-1)47-50-48(34-18-7-2-8-19-34)52-49(51-47)44-32-43-41-29-28-36(31-45(41)54-46(43)42-27-14-13-26-40(42)44)35-20-15-25-39(30-35)53(37-21-9-3-10-22-37)38-23-11-4-12-24-38/h1-32,47H,(H,50,51,52). The number of benzene rings is 8. The number of nitrogens with one attached hydrogen (secondary N) is 1. The fraction of sp³-hybridized carbons (Fsp3) is 0.0204. The third-order valence-electron chi connectivity index (χ3n) is 10.1. The van der Waals surface area contributed by atoms with E-state index in [-0.39, 0.29) is 6.17 Å². The SMILES string of the molecule is c1ccc(C2=NC(c3cc4c5ccc(-c6cccc(N(c7ccccc7)c7ccccc7)c6)cc5oc4c4ccccc34)=NC(c3ccccc3)N2)cc1. The molecule has 1 atom stereocenters. The molecule has 1 aromatic heterocycles. The molecule has 0 fully saturated rings. The molecule has 5 heteroatoms. The zero-order valence-electron chi connectivity index (χ0n) is 29.3. The minimum Gasteiger partial charge on any atom is -0.455 e. The maximum Gasteiger partial charge on any atom is 0.160 e. The van der Waals surface area contributed by atoms with Crippen LogP contribution in [0.5, 0.6) is 0 Å². The van der Waals surface area contributed by atoms with Gasteiger partial charge in [0.15, 0.2) is 5.84 Å². The van der Waals surface area contributed by atoms with Gasteiger partial charge in [-0.15, -0.1) is 0 Å². The molecule has 0 aliphatic carbocycles. The molecule has 256 valence electrons. The lowest BCUT2D eigenvalue weighted by atomic mass is 9.98. The highest BCUT2D eigenvalue weighted by atomic mass is 16.3. The second-order valence-corrected chi connectivity index (χ2v) is 13.5. The van der Waals surface area contributed by atoms with Crippen molar-refractivity contribution < 1.29 is 4.42 Å². The Morgan fingerprint density at radius 2 is 1.06 bits per heavy atom. The number of nitrogens with zero attached hydrogens (tertiary/aromatic N) is 3. The van der Waals surface area contributed by atoms with Gasteiger partial charge in [-0.05, 0) is 76.7 Å². The van der Waals surface area contributed by atoms with Crippen molar-refractivity contribution in [3.63, 3.8) is 0 Å². The molecule has 0 radical (unpaired) electrons. The zero-order valence-corrected chi connectivity index (χ0v) is 29.3. The minimum absolute atomic E-state index is 0.289. The Kier molecular flexibility index (Phi) is 7.81. The van der Waals surface area contributed by atoms with Crippen molar-refractivity contribution in [3.05, 3.63) is 211 Å². The summed E-state index contributed by atoms with van der Waals surface area (Å²) in [7, 11) is 0. The first-order valence-corrected chi connectivity index (χ1v) is 18.2. The van der Waals surface area contributed by atoms with Gasteiger partial charge in [-0.3, -0.25) is 0 Å². The van der Waals surface area contributed by atoms with Crippen molar-refractivity contribution in [1.82, 2.24) is 5.32 Å². The van der Waals surface area contributed by atoms with E-state index in [1.807, 2.05) is 48.5 Å². The van der Waals surface area contributed by atoms with E-state index in [0.29, 0.717) is 5.84 Å². The van der Waals surface area contributed by atoms with Crippen molar-refractivity contribution in [2.24, 2.45) is 9.98 Å². The number of anilines is 3. The first kappa shape index (κ1) is 31.5. The van der Waals surface area contributed by atoms with Crippen molar-refractivity contribution in [2.45, 2.75) is 6.17 Å². The van der Waals surface area contributed by atoms with Crippen LogP contribution in [-0.2, 0) is 0 Å². The number of furan rings is 1. The minimum atomic E-state index is -0.289. The van der Waals surface area contributed by atoms with Crippen molar-refractivity contribution in [1.29, 1.82) is 0 Å². The number of rotatable bonds is 7. The molecule has 0 bridgehead atoms. The summed E-state index contributed by atoms with van der Waals surface area (Å²) in [4.78, 5) is 12.7. The van der Waals surface area contributed by atoms with Crippen molar-refractivity contribution in [3.8, 4) is 11.1 Å². The summed E-state index contributed by atoms with van der Waals surface area (Å²) < 4.78 is 6.77. The molecular formula is C49H34N4O. The van der Waals surface area contributed by atoms with Gasteiger partial charge in [0.05, 0.1) is 0 Å². The van der Waals surface area contributed by atoms with Gasteiger partial charge in [0, 0.05) is 44.3 Å². The largest absolute Gasteiger partial charge is 0.455 e. The molecule has 5 nitrogen and oxygen atoms in total. The summed E-state index contributed by atoms with van der Waals surface area (Å²) in [6.07, 6.45) is -0.289. The molecular weight excluding hydrogens is 661 g/mol. The Hall–Kier alpha value is -7.24. The molecule has 54 heavy (non-hydrogen) atoms. The van der Waals surface area contributed by atoms with Gasteiger partial charge < -0.3 is 14.6 Å². The Balaban J connectivity index is 1.10. The van der Waals surface area contributed by atoms with E-state index in [4.69, 9.17) is 14.4 Å². The van der Waals surface area contributed by atoms with Crippen LogP contribution in [0.3, 0.4) is 0 Å². The van der Waals surface area contributed by atoms with Crippen LogP contribution in [0.4, 0.5) is 17.1 Å². The molecule has 10 rings (SSSR count). The van der Waals surface area contributed by atoms with Crippen LogP contribution in [0, 0.1) is 0 Å². The first-order valence-electron chi connectivity index (χ1n) is 18.2. The maximum absolute atomic E-state index is 6.77. The van der Waals surface area contributed by atoms with E-state index >= 15 is 0 Å². The van der Waals surface area contributed by atoms with Crippen molar-refractivity contribution in [2.75, 3.05) is 4.90 Å². The monoisotopic (exact) mass is 694 g/mol. The maximum atomic E-state index is 6.77. The van der Waals surface area contributed by atoms with E-state index < -0.39 is 0 Å². The average Bonchev–Trinajstić information content (AvgIpc) is 3.63. The van der Waals surface area contributed by atoms with E-state index in [1.165, 1.54) is 0 Å². The Morgan fingerprint density at radius 1 is 0.463 bits per heavy atom. The lowest BCUT2D eigenvalue weighted by molar-refractivity contribution is 0.672. The molecule has 2 heterocycles. The topological polar surface area (TPSA) is 53.1 Å². The van der Waals surface area contributed by atoms with Gasteiger partial charge in [-0.25, -0.2) is 9.98 Å². The van der Waals surface area contributed by atoms with Crippen LogP contribution in [0.25, 0.3) is 43.8 Å². The van der Waals surface area contributed by atoms with Crippen LogP contribution < -0.4 is 10.2 Å². The van der Waals surface area contributed by atoms with Gasteiger partial charge in [-0.2, -0.15) is 0 Å². The summed E-state index contributed by atoms with van der Waals surface area (Å²) >= 11 is 0. The summed E-state index contributed by atoms with van der Waals surface area (Å²) in [5, 5.41) is 7.74. The normalized spacial score (nSPS) is 14.1. The van der Waals surface area contributed by atoms with Gasteiger partial charge in [0.25, 0.3) is 0 Å². The summed E-state index contributed by atoms with van der Waals surface area (Å²) in [5.74, 6) is 1.48. The predicted octanol–water partition coefficient (Wildman–Crippen LogP) is 12.4. The van der Waals surface area contributed by atoms with Crippen LogP contribution in [0.15, 0.2) is 209 Å². The van der Waals surface area contributed by atoms with Crippen molar-refractivity contribution >= 4 is 61.4 Å². The summed E-state index contributed by atoms with van der Waals surface area (Å²) in [5.41, 5.74) is 10.2. The Morgan fingerprint density at radius 3 is 1.78 bits per heavy atom. The van der Waals surface area contributed by atoms with E-state index in [9.17, 15) is 0 Å². The Labute approximate surface area is 313 Å². The number of aliphatic imine (C=N–C) groups is 2. The van der Waals surface area contributed by atoms with Crippen LogP contribution in [-0.4, -0.2) is 11.7 Å². The van der Waals surface area contributed by atoms with Gasteiger partial charge >= 0.3 is 0 Å². The fourth-order valence-electron chi connectivity index (χ4n) is 7.51. The molecule has 1 unspecified atom stereocenters. The average molecular weight is 695 g/mol. The Bertz CT molecular complexity index is 2810. The lowest BCUT2D eigenvalue weighted by Gasteiger charge is -2.25. The first-order chi connectivity index (χ1) is 26.8. The summed E-state index contributed by atoms with van der Waals surface area (Å²) in [6, 6.07) is 67.4. The van der Waals surface area contributed by atoms with Gasteiger partial charge in [0.1, 0.15) is 23.2 Å². The van der Waals surface area contributed by atoms with Gasteiger partial charge in [0.2, 0.25) is 0 Å². The smallest absolute Gasteiger partial charge is 0.160 e. The van der Waals surface area contributed by atoms with E-state index in [1.54, 1.807) is 0 Å². The molecule has 0 amide bonds. The quantitative estimate of drug-likeness (QED) is 0.181. The highest BCUT2D eigenvalue weighted by molar-refractivity contribution is 6.24. The molecule has 0 spiro atoms. The second kappa shape index (κ2) is 13.4. The van der Waals surface area contributed by atoms with E-state index in [2.05, 4.69) is 156 Å². The molecule has 8 aromatic carbocycles. The van der Waals surface area contributed by atoms with Gasteiger partial charge in [-0.1, -0.05) is 140 Å². The highest BCUT2D eigenvalue weighted by Gasteiger charge is 2.24. The zero-order chi connectivity index (χ0) is 35.8. The fourth-order valence-corrected chi connectivity index (χ4v) is 7.51.